The predicted octanol–water partition coefficient (Wildman–Crippen LogP) is 5.35. The number of aryl methyl sites for hydroxylation is 1. The van der Waals surface area contributed by atoms with Gasteiger partial charge < -0.3 is 15.4 Å². The van der Waals surface area contributed by atoms with Gasteiger partial charge in [0.15, 0.2) is 0 Å². The number of benzene rings is 2. The average Bonchev–Trinajstić information content (AvgIpc) is 2.56. The van der Waals surface area contributed by atoms with Crippen LogP contribution in [0.4, 0.5) is 11.4 Å². The molecule has 2 rings (SSSR count). The molecule has 0 bridgehead atoms. The van der Waals surface area contributed by atoms with Crippen LogP contribution in [0.5, 0.6) is 5.75 Å². The molecule has 124 valence electrons. The molecule has 0 spiro atoms. The SMILES string of the molecule is CCCCOc1ccccc1NCCNc1cc(Cl)ccc1C. The molecule has 0 aliphatic rings. The fourth-order valence-corrected chi connectivity index (χ4v) is 2.42. The van der Waals surface area contributed by atoms with Crippen LogP contribution < -0.4 is 15.4 Å². The summed E-state index contributed by atoms with van der Waals surface area (Å²) in [5.74, 6) is 0.917. The van der Waals surface area contributed by atoms with Crippen LogP contribution in [0, 0.1) is 6.92 Å². The van der Waals surface area contributed by atoms with Crippen molar-refractivity contribution in [2.45, 2.75) is 26.7 Å². The topological polar surface area (TPSA) is 33.3 Å². The summed E-state index contributed by atoms with van der Waals surface area (Å²) in [6, 6.07) is 14.0. The molecule has 23 heavy (non-hydrogen) atoms. The zero-order valence-electron chi connectivity index (χ0n) is 13.9. The van der Waals surface area contributed by atoms with E-state index in [-0.39, 0.29) is 0 Å². The fraction of sp³-hybridized carbons (Fsp3) is 0.368. The maximum Gasteiger partial charge on any atom is 0.142 e. The Labute approximate surface area is 144 Å². The van der Waals surface area contributed by atoms with Crippen LogP contribution in [0.25, 0.3) is 0 Å². The van der Waals surface area contributed by atoms with Crippen molar-refractivity contribution >= 4 is 23.0 Å². The second-order valence-electron chi connectivity index (χ2n) is 5.51. The van der Waals surface area contributed by atoms with Crippen LogP contribution in [0.15, 0.2) is 42.5 Å². The monoisotopic (exact) mass is 332 g/mol. The molecule has 4 heteroatoms. The number of hydrogen-bond acceptors (Lipinski definition) is 3. The number of ether oxygens (including phenoxy) is 1. The quantitative estimate of drug-likeness (QED) is 0.607. The van der Waals surface area contributed by atoms with Gasteiger partial charge >= 0.3 is 0 Å². The fourth-order valence-electron chi connectivity index (χ4n) is 2.24. The molecule has 0 radical (unpaired) electrons. The third kappa shape index (κ3) is 5.68. The summed E-state index contributed by atoms with van der Waals surface area (Å²) >= 11 is 6.03. The molecule has 0 heterocycles. The van der Waals surface area contributed by atoms with Gasteiger partial charge in [-0.3, -0.25) is 0 Å². The molecule has 2 aromatic rings. The minimum absolute atomic E-state index is 0.751. The van der Waals surface area contributed by atoms with E-state index >= 15 is 0 Å². The molecule has 0 aliphatic carbocycles. The van der Waals surface area contributed by atoms with Crippen molar-refractivity contribution < 1.29 is 4.74 Å². The molecule has 0 fully saturated rings. The van der Waals surface area contributed by atoms with Crippen LogP contribution >= 0.6 is 11.6 Å². The Morgan fingerprint density at radius 2 is 1.74 bits per heavy atom. The van der Waals surface area contributed by atoms with E-state index in [0.717, 1.165) is 54.7 Å². The summed E-state index contributed by atoms with van der Waals surface area (Å²) < 4.78 is 5.83. The average molecular weight is 333 g/mol. The summed E-state index contributed by atoms with van der Waals surface area (Å²) in [7, 11) is 0. The van der Waals surface area contributed by atoms with Crippen molar-refractivity contribution in [1.82, 2.24) is 0 Å². The Balaban J connectivity index is 1.83. The lowest BCUT2D eigenvalue weighted by Crippen LogP contribution is -2.14. The van der Waals surface area contributed by atoms with Gasteiger partial charge in [0.1, 0.15) is 5.75 Å². The van der Waals surface area contributed by atoms with Gasteiger partial charge in [0, 0.05) is 23.8 Å². The van der Waals surface area contributed by atoms with E-state index < -0.39 is 0 Å². The Morgan fingerprint density at radius 3 is 2.52 bits per heavy atom. The van der Waals surface area contributed by atoms with Crippen molar-refractivity contribution in [1.29, 1.82) is 0 Å². The van der Waals surface area contributed by atoms with E-state index in [0.29, 0.717) is 0 Å². The Kier molecular flexibility index (Phi) is 7.08. The second-order valence-corrected chi connectivity index (χ2v) is 5.95. The van der Waals surface area contributed by atoms with Crippen molar-refractivity contribution in [2.24, 2.45) is 0 Å². The maximum absolute atomic E-state index is 6.03. The zero-order valence-corrected chi connectivity index (χ0v) is 14.6. The van der Waals surface area contributed by atoms with Crippen molar-refractivity contribution in [3.05, 3.63) is 53.1 Å². The third-order valence-corrected chi connectivity index (χ3v) is 3.83. The second kappa shape index (κ2) is 9.31. The first kappa shape index (κ1) is 17.5. The summed E-state index contributed by atoms with van der Waals surface area (Å²) in [5.41, 5.74) is 3.30. The van der Waals surface area contributed by atoms with Crippen LogP contribution in [0.1, 0.15) is 25.3 Å². The predicted molar refractivity (Wildman–Crippen MR) is 100 cm³/mol. The minimum Gasteiger partial charge on any atom is -0.491 e. The Morgan fingerprint density at radius 1 is 1.00 bits per heavy atom. The molecular weight excluding hydrogens is 308 g/mol. The largest absolute Gasteiger partial charge is 0.491 e. The van der Waals surface area contributed by atoms with Gasteiger partial charge in [0.2, 0.25) is 0 Å². The summed E-state index contributed by atoms with van der Waals surface area (Å²) in [6.45, 7) is 6.61. The lowest BCUT2D eigenvalue weighted by molar-refractivity contribution is 0.311. The van der Waals surface area contributed by atoms with E-state index in [1.54, 1.807) is 0 Å². The first-order valence-electron chi connectivity index (χ1n) is 8.16. The highest BCUT2D eigenvalue weighted by Crippen LogP contribution is 2.24. The van der Waals surface area contributed by atoms with Crippen molar-refractivity contribution in [2.75, 3.05) is 30.3 Å². The van der Waals surface area contributed by atoms with Gasteiger partial charge in [-0.2, -0.15) is 0 Å². The number of anilines is 2. The molecule has 0 aromatic heterocycles. The molecule has 0 aliphatic heterocycles. The Bertz CT molecular complexity index is 616. The van der Waals surface area contributed by atoms with E-state index in [2.05, 4.69) is 24.5 Å². The van der Waals surface area contributed by atoms with Crippen LogP contribution in [-0.2, 0) is 0 Å². The number of hydrogen-bond donors (Lipinski definition) is 2. The molecular formula is C19H25ClN2O. The summed E-state index contributed by atoms with van der Waals surface area (Å²) in [6.07, 6.45) is 2.21. The first-order valence-corrected chi connectivity index (χ1v) is 8.54. The Hall–Kier alpha value is -1.87. The van der Waals surface area contributed by atoms with E-state index in [4.69, 9.17) is 16.3 Å². The van der Waals surface area contributed by atoms with Gasteiger partial charge in [-0.25, -0.2) is 0 Å². The van der Waals surface area contributed by atoms with Gasteiger partial charge in [-0.05, 0) is 43.2 Å². The number of halogens is 1. The van der Waals surface area contributed by atoms with E-state index in [1.807, 2.05) is 42.5 Å². The lowest BCUT2D eigenvalue weighted by Gasteiger charge is -2.14. The smallest absolute Gasteiger partial charge is 0.142 e. The zero-order chi connectivity index (χ0) is 16.5. The highest BCUT2D eigenvalue weighted by Gasteiger charge is 2.02. The summed E-state index contributed by atoms with van der Waals surface area (Å²) in [5, 5.41) is 7.58. The normalized spacial score (nSPS) is 10.4. The van der Waals surface area contributed by atoms with E-state index in [9.17, 15) is 0 Å². The van der Waals surface area contributed by atoms with Gasteiger partial charge in [-0.1, -0.05) is 43.1 Å². The highest BCUT2D eigenvalue weighted by atomic mass is 35.5. The van der Waals surface area contributed by atoms with Crippen LogP contribution in [0.2, 0.25) is 5.02 Å². The molecule has 2 N–H and O–H groups in total. The molecule has 0 saturated heterocycles. The number of rotatable bonds is 9. The lowest BCUT2D eigenvalue weighted by atomic mass is 10.2. The molecule has 0 saturated carbocycles. The molecule has 2 aromatic carbocycles. The van der Waals surface area contributed by atoms with Gasteiger partial charge in [0.05, 0.1) is 12.3 Å². The maximum atomic E-state index is 6.03. The number of unbranched alkanes of at least 4 members (excludes halogenated alkanes) is 1. The van der Waals surface area contributed by atoms with Crippen molar-refractivity contribution in [3.8, 4) is 5.75 Å². The highest BCUT2D eigenvalue weighted by molar-refractivity contribution is 6.30. The van der Waals surface area contributed by atoms with Crippen LogP contribution in [-0.4, -0.2) is 19.7 Å². The third-order valence-electron chi connectivity index (χ3n) is 3.60. The molecule has 0 unspecified atom stereocenters. The number of para-hydroxylation sites is 2. The van der Waals surface area contributed by atoms with E-state index in [1.165, 1.54) is 5.56 Å². The minimum atomic E-state index is 0.751. The standard InChI is InChI=1S/C19H25ClN2O/c1-3-4-13-23-19-8-6-5-7-17(19)21-11-12-22-18-14-16(20)10-9-15(18)2/h5-10,14,21-22H,3-4,11-13H2,1-2H3. The first-order chi connectivity index (χ1) is 11.2. The van der Waals surface area contributed by atoms with Gasteiger partial charge in [0.25, 0.3) is 0 Å². The van der Waals surface area contributed by atoms with Gasteiger partial charge in [-0.15, -0.1) is 0 Å². The summed E-state index contributed by atoms with van der Waals surface area (Å²) in [4.78, 5) is 0. The number of nitrogens with one attached hydrogen (secondary N) is 2. The van der Waals surface area contributed by atoms with Crippen LogP contribution in [0.3, 0.4) is 0 Å². The molecule has 3 nitrogen and oxygen atoms in total. The molecule has 0 atom stereocenters. The van der Waals surface area contributed by atoms with Crippen molar-refractivity contribution in [3.63, 3.8) is 0 Å². The molecule has 0 amide bonds.